The Bertz CT molecular complexity index is 938. The topological polar surface area (TPSA) is 67.4 Å². The van der Waals surface area contributed by atoms with Gasteiger partial charge in [0.15, 0.2) is 0 Å². The van der Waals surface area contributed by atoms with Gasteiger partial charge in [-0.3, -0.25) is 4.79 Å². The van der Waals surface area contributed by atoms with Crippen LogP contribution in [-0.2, 0) is 4.79 Å². The number of methoxy groups -OCH3 is 1. The van der Waals surface area contributed by atoms with E-state index in [9.17, 15) is 4.79 Å². The zero-order valence-electron chi connectivity index (χ0n) is 15.4. The maximum atomic E-state index is 11.7. The molecule has 0 aliphatic rings. The molecule has 0 saturated carbocycles. The third kappa shape index (κ3) is 3.59. The number of amides is 1. The fourth-order valence-electron chi connectivity index (χ4n) is 2.74. The standard InChI is InChI=1S/C20H22N4O2/c1-5-19(25)23-14-6-11-18-17(12-14)20(22-13(2)21-18)24(3)15-7-9-16(26-4)10-8-15/h6-12H,5H2,1-4H3,(H,23,25). The van der Waals surface area contributed by atoms with Crippen LogP contribution in [0.3, 0.4) is 0 Å². The van der Waals surface area contributed by atoms with E-state index in [0.717, 1.165) is 33.8 Å². The van der Waals surface area contributed by atoms with Crippen LogP contribution in [0.5, 0.6) is 5.75 Å². The molecular weight excluding hydrogens is 328 g/mol. The maximum Gasteiger partial charge on any atom is 0.224 e. The minimum absolute atomic E-state index is 0.0255. The van der Waals surface area contributed by atoms with Gasteiger partial charge in [-0.25, -0.2) is 9.97 Å². The third-order valence-electron chi connectivity index (χ3n) is 4.17. The molecule has 0 aliphatic heterocycles. The maximum absolute atomic E-state index is 11.7. The molecular formula is C20H22N4O2. The van der Waals surface area contributed by atoms with Crippen molar-refractivity contribution in [3.8, 4) is 5.75 Å². The normalized spacial score (nSPS) is 10.6. The average molecular weight is 350 g/mol. The van der Waals surface area contributed by atoms with Crippen LogP contribution in [0.1, 0.15) is 19.2 Å². The SMILES string of the molecule is CCC(=O)Nc1ccc2nc(C)nc(N(C)c3ccc(OC)cc3)c2c1. The molecule has 134 valence electrons. The second-order valence-electron chi connectivity index (χ2n) is 5.99. The summed E-state index contributed by atoms with van der Waals surface area (Å²) in [7, 11) is 3.60. The third-order valence-corrected chi connectivity index (χ3v) is 4.17. The number of anilines is 3. The smallest absolute Gasteiger partial charge is 0.224 e. The van der Waals surface area contributed by atoms with Crippen LogP contribution in [-0.4, -0.2) is 30.0 Å². The van der Waals surface area contributed by atoms with E-state index in [1.165, 1.54) is 0 Å². The Kier molecular flexibility index (Phi) is 5.02. The Morgan fingerprint density at radius 1 is 1.15 bits per heavy atom. The van der Waals surface area contributed by atoms with Crippen molar-refractivity contribution in [2.45, 2.75) is 20.3 Å². The average Bonchev–Trinajstić information content (AvgIpc) is 2.67. The number of nitrogens with one attached hydrogen (secondary N) is 1. The Balaban J connectivity index is 2.07. The van der Waals surface area contributed by atoms with Gasteiger partial charge in [0.1, 0.15) is 17.4 Å². The van der Waals surface area contributed by atoms with E-state index in [1.807, 2.05) is 68.3 Å². The number of fused-ring (bicyclic) bond motifs is 1. The number of carbonyl (C=O) groups is 1. The second kappa shape index (κ2) is 7.39. The summed E-state index contributed by atoms with van der Waals surface area (Å²) in [5.74, 6) is 2.25. The predicted molar refractivity (Wildman–Crippen MR) is 104 cm³/mol. The summed E-state index contributed by atoms with van der Waals surface area (Å²) in [6.07, 6.45) is 0.432. The summed E-state index contributed by atoms with van der Waals surface area (Å²) >= 11 is 0. The number of hydrogen-bond donors (Lipinski definition) is 1. The van der Waals surface area contributed by atoms with Crippen LogP contribution in [0.2, 0.25) is 0 Å². The summed E-state index contributed by atoms with van der Waals surface area (Å²) in [5, 5.41) is 3.77. The number of aromatic nitrogens is 2. The summed E-state index contributed by atoms with van der Waals surface area (Å²) in [4.78, 5) is 22.9. The number of rotatable bonds is 5. The summed E-state index contributed by atoms with van der Waals surface area (Å²) in [6, 6.07) is 13.5. The predicted octanol–water partition coefficient (Wildman–Crippen LogP) is 4.06. The van der Waals surface area contributed by atoms with E-state index < -0.39 is 0 Å². The van der Waals surface area contributed by atoms with Crippen molar-refractivity contribution < 1.29 is 9.53 Å². The second-order valence-corrected chi connectivity index (χ2v) is 5.99. The lowest BCUT2D eigenvalue weighted by Gasteiger charge is -2.21. The highest BCUT2D eigenvalue weighted by molar-refractivity contribution is 5.97. The van der Waals surface area contributed by atoms with Crippen LogP contribution in [0.4, 0.5) is 17.2 Å². The number of ether oxygens (including phenoxy) is 1. The van der Waals surface area contributed by atoms with Gasteiger partial charge in [-0.15, -0.1) is 0 Å². The Morgan fingerprint density at radius 3 is 2.54 bits per heavy atom. The molecule has 1 heterocycles. The largest absolute Gasteiger partial charge is 0.497 e. The van der Waals surface area contributed by atoms with Gasteiger partial charge < -0.3 is 15.0 Å². The molecule has 1 amide bonds. The lowest BCUT2D eigenvalue weighted by atomic mass is 10.2. The Hall–Kier alpha value is -3.15. The van der Waals surface area contributed by atoms with Crippen molar-refractivity contribution in [2.24, 2.45) is 0 Å². The van der Waals surface area contributed by atoms with Crippen molar-refractivity contribution in [1.29, 1.82) is 0 Å². The number of carbonyl (C=O) groups excluding carboxylic acids is 1. The molecule has 0 saturated heterocycles. The van der Waals surface area contributed by atoms with E-state index >= 15 is 0 Å². The monoisotopic (exact) mass is 350 g/mol. The molecule has 0 atom stereocenters. The first kappa shape index (κ1) is 17.7. The molecule has 3 rings (SSSR count). The first-order valence-electron chi connectivity index (χ1n) is 8.48. The number of aryl methyl sites for hydroxylation is 1. The summed E-state index contributed by atoms with van der Waals surface area (Å²) in [6.45, 7) is 3.70. The first-order chi connectivity index (χ1) is 12.5. The molecule has 3 aromatic rings. The van der Waals surface area contributed by atoms with E-state index in [-0.39, 0.29) is 5.91 Å². The van der Waals surface area contributed by atoms with Gasteiger partial charge in [-0.05, 0) is 49.4 Å². The fraction of sp³-hybridized carbons (Fsp3) is 0.250. The van der Waals surface area contributed by atoms with E-state index in [2.05, 4.69) is 15.3 Å². The van der Waals surface area contributed by atoms with Crippen LogP contribution in [0, 0.1) is 6.92 Å². The molecule has 2 aromatic carbocycles. The lowest BCUT2D eigenvalue weighted by Crippen LogP contribution is -2.13. The number of benzene rings is 2. The van der Waals surface area contributed by atoms with Gasteiger partial charge in [0, 0.05) is 30.2 Å². The molecule has 0 bridgehead atoms. The van der Waals surface area contributed by atoms with Gasteiger partial charge in [-0.1, -0.05) is 6.92 Å². The van der Waals surface area contributed by atoms with Gasteiger partial charge in [0.05, 0.1) is 12.6 Å². The molecule has 1 aromatic heterocycles. The van der Waals surface area contributed by atoms with Gasteiger partial charge in [0.25, 0.3) is 0 Å². The quantitative estimate of drug-likeness (QED) is 0.751. The molecule has 0 radical (unpaired) electrons. The molecule has 0 spiro atoms. The van der Waals surface area contributed by atoms with Gasteiger partial charge in [0.2, 0.25) is 5.91 Å². The zero-order chi connectivity index (χ0) is 18.7. The van der Waals surface area contributed by atoms with Crippen LogP contribution in [0.15, 0.2) is 42.5 Å². The summed E-state index contributed by atoms with van der Waals surface area (Å²) in [5.41, 5.74) is 2.55. The van der Waals surface area contributed by atoms with Crippen LogP contribution >= 0.6 is 0 Å². The minimum Gasteiger partial charge on any atom is -0.497 e. The highest BCUT2D eigenvalue weighted by atomic mass is 16.5. The molecule has 1 N–H and O–H groups in total. The Labute approximate surface area is 152 Å². The minimum atomic E-state index is -0.0255. The highest BCUT2D eigenvalue weighted by Gasteiger charge is 2.13. The van der Waals surface area contributed by atoms with E-state index in [4.69, 9.17) is 4.74 Å². The zero-order valence-corrected chi connectivity index (χ0v) is 15.4. The van der Waals surface area contributed by atoms with Crippen molar-refractivity contribution in [1.82, 2.24) is 9.97 Å². The molecule has 0 aliphatic carbocycles. The molecule has 0 unspecified atom stereocenters. The fourth-order valence-corrected chi connectivity index (χ4v) is 2.74. The van der Waals surface area contributed by atoms with Crippen molar-refractivity contribution in [3.63, 3.8) is 0 Å². The molecule has 0 fully saturated rings. The molecule has 6 nitrogen and oxygen atoms in total. The summed E-state index contributed by atoms with van der Waals surface area (Å²) < 4.78 is 5.22. The van der Waals surface area contributed by atoms with Gasteiger partial charge >= 0.3 is 0 Å². The Morgan fingerprint density at radius 2 is 1.88 bits per heavy atom. The van der Waals surface area contributed by atoms with E-state index in [1.54, 1.807) is 7.11 Å². The van der Waals surface area contributed by atoms with Crippen molar-refractivity contribution >= 4 is 34.0 Å². The number of nitrogens with zero attached hydrogens (tertiary/aromatic N) is 3. The van der Waals surface area contributed by atoms with Crippen LogP contribution in [0.25, 0.3) is 10.9 Å². The van der Waals surface area contributed by atoms with Gasteiger partial charge in [-0.2, -0.15) is 0 Å². The lowest BCUT2D eigenvalue weighted by molar-refractivity contribution is -0.115. The molecule has 26 heavy (non-hydrogen) atoms. The molecule has 6 heteroatoms. The van der Waals surface area contributed by atoms with Crippen molar-refractivity contribution in [2.75, 3.05) is 24.4 Å². The first-order valence-corrected chi connectivity index (χ1v) is 8.48. The number of hydrogen-bond acceptors (Lipinski definition) is 5. The van der Waals surface area contributed by atoms with E-state index in [0.29, 0.717) is 12.2 Å². The van der Waals surface area contributed by atoms with Crippen molar-refractivity contribution in [3.05, 3.63) is 48.3 Å². The highest BCUT2D eigenvalue weighted by Crippen LogP contribution is 2.31. The van der Waals surface area contributed by atoms with Crippen LogP contribution < -0.4 is 15.0 Å².